The Labute approximate surface area is 120 Å². The number of nitrogens with zero attached hydrogens (tertiary/aromatic N) is 1. The van der Waals surface area contributed by atoms with Gasteiger partial charge in [0, 0.05) is 22.8 Å². The Morgan fingerprint density at radius 2 is 1.89 bits per heavy atom. The summed E-state index contributed by atoms with van der Waals surface area (Å²) in [5, 5.41) is 2.97. The topological polar surface area (TPSA) is 56.0 Å². The number of hydrogen-bond acceptors (Lipinski definition) is 4. The third kappa shape index (κ3) is 3.63. The van der Waals surface area contributed by atoms with Crippen molar-refractivity contribution in [2.75, 3.05) is 6.54 Å². The maximum Gasteiger partial charge on any atom is 0.147 e. The SMILES string of the molecule is CCC(CC)(CN)C(=O)Cc1nc(C(C)(C)C)cs1. The van der Waals surface area contributed by atoms with Gasteiger partial charge in [0.2, 0.25) is 0 Å². The molecule has 1 heterocycles. The molecule has 0 spiro atoms. The van der Waals surface area contributed by atoms with Gasteiger partial charge in [-0.1, -0.05) is 34.6 Å². The second-order valence-corrected chi connectivity index (χ2v) is 7.11. The molecule has 0 aliphatic carbocycles. The van der Waals surface area contributed by atoms with Gasteiger partial charge in [-0.15, -0.1) is 11.3 Å². The van der Waals surface area contributed by atoms with E-state index in [1.165, 1.54) is 0 Å². The molecular weight excluding hydrogens is 256 g/mol. The number of carbonyl (C=O) groups excluding carboxylic acids is 1. The van der Waals surface area contributed by atoms with Gasteiger partial charge in [0.05, 0.1) is 12.1 Å². The van der Waals surface area contributed by atoms with Crippen molar-refractivity contribution >= 4 is 17.1 Å². The number of Topliss-reactive ketones (excluding diaryl/α,β-unsaturated/α-hetero) is 1. The monoisotopic (exact) mass is 282 g/mol. The molecule has 108 valence electrons. The first-order valence-electron chi connectivity index (χ1n) is 6.97. The van der Waals surface area contributed by atoms with Crippen LogP contribution in [0.3, 0.4) is 0 Å². The lowest BCUT2D eigenvalue weighted by atomic mass is 9.77. The van der Waals surface area contributed by atoms with Gasteiger partial charge < -0.3 is 5.73 Å². The summed E-state index contributed by atoms with van der Waals surface area (Å²) >= 11 is 1.58. The minimum absolute atomic E-state index is 0.0399. The highest BCUT2D eigenvalue weighted by Gasteiger charge is 2.33. The maximum absolute atomic E-state index is 12.5. The molecule has 0 aliphatic rings. The van der Waals surface area contributed by atoms with Gasteiger partial charge >= 0.3 is 0 Å². The molecule has 0 aromatic carbocycles. The summed E-state index contributed by atoms with van der Waals surface area (Å²) in [5.41, 5.74) is 6.55. The summed E-state index contributed by atoms with van der Waals surface area (Å²) in [6.07, 6.45) is 2.02. The standard InChI is InChI=1S/C15H26N2OS/c1-6-15(7-2,10-16)12(18)8-13-17-11(9-19-13)14(3,4)5/h9H,6-8,10,16H2,1-5H3. The Morgan fingerprint density at radius 3 is 2.26 bits per heavy atom. The largest absolute Gasteiger partial charge is 0.329 e. The van der Waals surface area contributed by atoms with Crippen LogP contribution in [0.2, 0.25) is 0 Å². The number of nitrogens with two attached hydrogens (primary N) is 1. The van der Waals surface area contributed by atoms with E-state index >= 15 is 0 Å². The molecule has 0 aliphatic heterocycles. The summed E-state index contributed by atoms with van der Waals surface area (Å²) < 4.78 is 0. The Hall–Kier alpha value is -0.740. The predicted molar refractivity (Wildman–Crippen MR) is 81.6 cm³/mol. The Balaban J connectivity index is 2.85. The zero-order valence-electron chi connectivity index (χ0n) is 12.7. The van der Waals surface area contributed by atoms with Crippen LogP contribution in [-0.4, -0.2) is 17.3 Å². The van der Waals surface area contributed by atoms with Crippen LogP contribution in [0.25, 0.3) is 0 Å². The fourth-order valence-corrected chi connectivity index (χ4v) is 3.13. The molecule has 0 amide bonds. The van der Waals surface area contributed by atoms with Crippen molar-refractivity contribution in [2.24, 2.45) is 11.1 Å². The number of rotatable bonds is 6. The molecule has 0 atom stereocenters. The number of thiazole rings is 1. The van der Waals surface area contributed by atoms with Crippen LogP contribution in [0, 0.1) is 5.41 Å². The summed E-state index contributed by atoms with van der Waals surface area (Å²) in [6, 6.07) is 0. The molecule has 0 saturated carbocycles. The van der Waals surface area contributed by atoms with Gasteiger partial charge in [0.25, 0.3) is 0 Å². The third-order valence-electron chi connectivity index (χ3n) is 3.97. The van der Waals surface area contributed by atoms with Gasteiger partial charge in [-0.3, -0.25) is 4.79 Å². The van der Waals surface area contributed by atoms with Crippen molar-refractivity contribution in [2.45, 2.75) is 59.3 Å². The first-order chi connectivity index (χ1) is 8.79. The average Bonchev–Trinajstić information content (AvgIpc) is 2.80. The van der Waals surface area contributed by atoms with E-state index in [1.54, 1.807) is 11.3 Å². The molecule has 4 heteroatoms. The van der Waals surface area contributed by atoms with E-state index in [0.29, 0.717) is 13.0 Å². The van der Waals surface area contributed by atoms with E-state index in [1.807, 2.05) is 13.8 Å². The predicted octanol–water partition coefficient (Wildman–Crippen LogP) is 3.32. The van der Waals surface area contributed by atoms with Gasteiger partial charge in [-0.05, 0) is 12.8 Å². The molecular formula is C15H26N2OS. The second kappa shape index (κ2) is 6.14. The Morgan fingerprint density at radius 1 is 1.32 bits per heavy atom. The highest BCUT2D eigenvalue weighted by Crippen LogP contribution is 2.29. The van der Waals surface area contributed by atoms with Crippen molar-refractivity contribution in [3.05, 3.63) is 16.1 Å². The molecule has 0 bridgehead atoms. The van der Waals surface area contributed by atoms with Crippen molar-refractivity contribution < 1.29 is 4.79 Å². The lowest BCUT2D eigenvalue weighted by molar-refractivity contribution is -0.128. The highest BCUT2D eigenvalue weighted by molar-refractivity contribution is 7.09. The third-order valence-corrected chi connectivity index (χ3v) is 4.82. The molecule has 0 unspecified atom stereocenters. The highest BCUT2D eigenvalue weighted by atomic mass is 32.1. The van der Waals surface area contributed by atoms with Gasteiger partial charge in [-0.2, -0.15) is 0 Å². The summed E-state index contributed by atoms with van der Waals surface area (Å²) in [6.45, 7) is 10.9. The van der Waals surface area contributed by atoms with Crippen LogP contribution in [0.1, 0.15) is 58.2 Å². The molecule has 0 radical (unpaired) electrons. The van der Waals surface area contributed by atoms with E-state index in [-0.39, 0.29) is 16.6 Å². The van der Waals surface area contributed by atoms with Crippen LogP contribution < -0.4 is 5.73 Å². The van der Waals surface area contributed by atoms with E-state index in [4.69, 9.17) is 5.73 Å². The Kier molecular flexibility index (Phi) is 5.27. The van der Waals surface area contributed by atoms with E-state index in [9.17, 15) is 4.79 Å². The molecule has 1 rings (SSSR count). The molecule has 0 fully saturated rings. The lowest BCUT2D eigenvalue weighted by Gasteiger charge is -2.28. The van der Waals surface area contributed by atoms with Crippen molar-refractivity contribution in [3.8, 4) is 0 Å². The summed E-state index contributed by atoms with van der Waals surface area (Å²) in [5.74, 6) is 0.231. The van der Waals surface area contributed by atoms with Gasteiger partial charge in [0.15, 0.2) is 0 Å². The van der Waals surface area contributed by atoms with E-state index in [0.717, 1.165) is 23.5 Å². The van der Waals surface area contributed by atoms with Crippen LogP contribution in [0.15, 0.2) is 5.38 Å². The molecule has 19 heavy (non-hydrogen) atoms. The van der Waals surface area contributed by atoms with Crippen molar-refractivity contribution in [1.82, 2.24) is 4.98 Å². The van der Waals surface area contributed by atoms with E-state index < -0.39 is 0 Å². The zero-order valence-corrected chi connectivity index (χ0v) is 13.6. The molecule has 3 nitrogen and oxygen atoms in total. The van der Waals surface area contributed by atoms with Crippen molar-refractivity contribution in [3.63, 3.8) is 0 Å². The molecule has 1 aromatic heterocycles. The maximum atomic E-state index is 12.5. The Bertz CT molecular complexity index is 419. The number of aromatic nitrogens is 1. The number of ketones is 1. The molecule has 0 saturated heterocycles. The first kappa shape index (κ1) is 16.3. The molecule has 2 N–H and O–H groups in total. The fraction of sp³-hybridized carbons (Fsp3) is 0.733. The molecule has 1 aromatic rings. The van der Waals surface area contributed by atoms with Crippen molar-refractivity contribution in [1.29, 1.82) is 0 Å². The fourth-order valence-electron chi connectivity index (χ4n) is 2.11. The summed E-state index contributed by atoms with van der Waals surface area (Å²) in [7, 11) is 0. The lowest BCUT2D eigenvalue weighted by Crippen LogP contribution is -2.38. The summed E-state index contributed by atoms with van der Waals surface area (Å²) in [4.78, 5) is 17.1. The van der Waals surface area contributed by atoms with Crippen LogP contribution in [-0.2, 0) is 16.6 Å². The number of hydrogen-bond donors (Lipinski definition) is 1. The van der Waals surface area contributed by atoms with E-state index in [2.05, 4.69) is 31.1 Å². The van der Waals surface area contributed by atoms with Crippen LogP contribution in [0.5, 0.6) is 0 Å². The quantitative estimate of drug-likeness (QED) is 0.871. The minimum Gasteiger partial charge on any atom is -0.329 e. The smallest absolute Gasteiger partial charge is 0.147 e. The van der Waals surface area contributed by atoms with Gasteiger partial charge in [0.1, 0.15) is 10.8 Å². The van der Waals surface area contributed by atoms with Crippen LogP contribution >= 0.6 is 11.3 Å². The average molecular weight is 282 g/mol. The second-order valence-electron chi connectivity index (χ2n) is 6.17. The number of carbonyl (C=O) groups is 1. The zero-order chi connectivity index (χ0) is 14.7. The minimum atomic E-state index is -0.367. The van der Waals surface area contributed by atoms with Gasteiger partial charge in [-0.25, -0.2) is 4.98 Å². The van der Waals surface area contributed by atoms with Crippen LogP contribution in [0.4, 0.5) is 0 Å². The normalized spacial score (nSPS) is 12.7. The first-order valence-corrected chi connectivity index (χ1v) is 7.85.